The second-order valence-corrected chi connectivity index (χ2v) is 11.3. The van der Waals surface area contributed by atoms with Gasteiger partial charge in [0, 0.05) is 23.3 Å². The lowest BCUT2D eigenvalue weighted by Crippen LogP contribution is -2.57. The minimum Gasteiger partial charge on any atom is -0.339 e. The summed E-state index contributed by atoms with van der Waals surface area (Å²) >= 11 is 5.13. The molecule has 140 valence electrons. The van der Waals surface area contributed by atoms with Gasteiger partial charge < -0.3 is 10.2 Å². The second kappa shape index (κ2) is 6.55. The molecular weight excluding hydrogens is 412 g/mol. The van der Waals surface area contributed by atoms with Crippen molar-refractivity contribution in [3.05, 3.63) is 24.3 Å². The third kappa shape index (κ3) is 3.31. The molecule has 2 unspecified atom stereocenters. The quantitative estimate of drug-likeness (QED) is 0.527. The van der Waals surface area contributed by atoms with Crippen LogP contribution in [0.1, 0.15) is 38.5 Å². The number of nitrogens with one attached hydrogen (secondary N) is 1. The average molecular weight is 437 g/mol. The van der Waals surface area contributed by atoms with Gasteiger partial charge in [-0.05, 0) is 74.3 Å². The molecule has 4 nitrogen and oxygen atoms in total. The number of nitrogens with zero attached hydrogens (tertiary/aromatic N) is 1. The van der Waals surface area contributed by atoms with Gasteiger partial charge in [-0.1, -0.05) is 28.1 Å². The molecule has 4 saturated carbocycles. The van der Waals surface area contributed by atoms with Crippen LogP contribution in [-0.4, -0.2) is 34.5 Å². The Hall–Kier alpha value is -1.01. The molecule has 1 aromatic carbocycles. The number of thioether (sulfide) groups is 1. The summed E-state index contributed by atoms with van der Waals surface area (Å²) in [5.74, 6) is 1.48. The van der Waals surface area contributed by atoms with Crippen LogP contribution in [0.5, 0.6) is 0 Å². The molecule has 6 heteroatoms. The van der Waals surface area contributed by atoms with Crippen molar-refractivity contribution in [1.82, 2.24) is 4.90 Å². The molecule has 2 atom stereocenters. The van der Waals surface area contributed by atoms with Crippen LogP contribution < -0.4 is 5.32 Å². The summed E-state index contributed by atoms with van der Waals surface area (Å²) < 4.78 is 0.156. The largest absolute Gasteiger partial charge is 0.339 e. The van der Waals surface area contributed by atoms with E-state index in [4.69, 9.17) is 0 Å². The summed E-state index contributed by atoms with van der Waals surface area (Å²) in [6, 6.07) is 7.60. The van der Waals surface area contributed by atoms with Crippen LogP contribution in [0.4, 0.5) is 10.5 Å². The lowest BCUT2D eigenvalue weighted by molar-refractivity contribution is -0.138. The standard InChI is InChI=1S/C20H25BrN2O2S/c1-23(2)18(25)26-16-6-4-3-5-15(16)22-17(24)19-8-13-7-14(9-19)11-20(21,10-13)12-19/h3-6,13-14H,7-12H2,1-2H3,(H,22,24). The van der Waals surface area contributed by atoms with Crippen LogP contribution in [0, 0.1) is 17.3 Å². The SMILES string of the molecule is CN(C)C(=O)Sc1ccccc1NC(=O)C12CC3CC(CC(Br)(C3)C1)C2. The lowest BCUT2D eigenvalue weighted by atomic mass is 9.49. The van der Waals surface area contributed by atoms with Crippen molar-refractivity contribution in [3.63, 3.8) is 0 Å². The van der Waals surface area contributed by atoms with Gasteiger partial charge in [0.1, 0.15) is 0 Å². The smallest absolute Gasteiger partial charge is 0.286 e. The molecule has 0 radical (unpaired) electrons. The number of para-hydroxylation sites is 1. The van der Waals surface area contributed by atoms with Gasteiger partial charge in [0.05, 0.1) is 11.1 Å². The van der Waals surface area contributed by atoms with E-state index in [2.05, 4.69) is 21.2 Å². The highest BCUT2D eigenvalue weighted by molar-refractivity contribution is 9.10. The molecule has 0 aromatic heterocycles. The van der Waals surface area contributed by atoms with E-state index in [0.717, 1.165) is 41.6 Å². The van der Waals surface area contributed by atoms with Crippen LogP contribution in [0.25, 0.3) is 0 Å². The van der Waals surface area contributed by atoms with Crippen LogP contribution in [0.3, 0.4) is 0 Å². The van der Waals surface area contributed by atoms with Gasteiger partial charge in [0.2, 0.25) is 5.91 Å². The molecule has 4 aliphatic rings. The van der Waals surface area contributed by atoms with E-state index in [0.29, 0.717) is 11.8 Å². The van der Waals surface area contributed by atoms with Crippen LogP contribution in [0.2, 0.25) is 0 Å². The second-order valence-electron chi connectivity index (χ2n) is 8.60. The fourth-order valence-corrected chi connectivity index (χ4v) is 7.71. The Labute approximate surface area is 167 Å². The zero-order chi connectivity index (χ0) is 18.5. The highest BCUT2D eigenvalue weighted by Gasteiger charge is 2.59. The van der Waals surface area contributed by atoms with E-state index in [9.17, 15) is 9.59 Å². The van der Waals surface area contributed by atoms with Gasteiger partial charge in [-0.2, -0.15) is 0 Å². The van der Waals surface area contributed by atoms with E-state index in [1.165, 1.54) is 19.3 Å². The molecular formula is C20H25BrN2O2S. The summed E-state index contributed by atoms with van der Waals surface area (Å²) in [7, 11) is 3.48. The fraction of sp³-hybridized carbons (Fsp3) is 0.600. The Morgan fingerprint density at radius 2 is 1.81 bits per heavy atom. The van der Waals surface area contributed by atoms with Crippen molar-refractivity contribution in [2.24, 2.45) is 17.3 Å². The molecule has 0 spiro atoms. The predicted octanol–water partition coefficient (Wildman–Crippen LogP) is 5.13. The number of hydrogen-bond acceptors (Lipinski definition) is 3. The Morgan fingerprint density at radius 1 is 1.15 bits per heavy atom. The topological polar surface area (TPSA) is 49.4 Å². The number of hydrogen-bond donors (Lipinski definition) is 1. The third-order valence-electron chi connectivity index (χ3n) is 6.17. The number of carbonyl (C=O) groups is 2. The van der Waals surface area contributed by atoms with Crippen molar-refractivity contribution in [1.29, 1.82) is 0 Å². The molecule has 5 rings (SSSR count). The van der Waals surface area contributed by atoms with Crippen molar-refractivity contribution >= 4 is 44.5 Å². The zero-order valence-electron chi connectivity index (χ0n) is 15.3. The average Bonchev–Trinajstić information content (AvgIpc) is 2.54. The number of rotatable bonds is 3. The molecule has 2 amide bonds. The van der Waals surface area contributed by atoms with Crippen molar-refractivity contribution < 1.29 is 9.59 Å². The fourth-order valence-electron chi connectivity index (χ4n) is 5.52. The van der Waals surface area contributed by atoms with Gasteiger partial charge in [0.25, 0.3) is 5.24 Å². The van der Waals surface area contributed by atoms with Crippen molar-refractivity contribution in [2.75, 3.05) is 19.4 Å². The Kier molecular flexibility index (Phi) is 4.63. The number of alkyl halides is 1. The van der Waals surface area contributed by atoms with Crippen LogP contribution in [-0.2, 0) is 4.79 Å². The number of anilines is 1. The first-order valence-electron chi connectivity index (χ1n) is 9.27. The Balaban J connectivity index is 1.55. The molecule has 26 heavy (non-hydrogen) atoms. The highest BCUT2D eigenvalue weighted by atomic mass is 79.9. The molecule has 4 fully saturated rings. The summed E-state index contributed by atoms with van der Waals surface area (Å²) in [5.41, 5.74) is 0.494. The minimum atomic E-state index is -0.253. The maximum Gasteiger partial charge on any atom is 0.286 e. The molecule has 0 heterocycles. The zero-order valence-corrected chi connectivity index (χ0v) is 17.7. The molecule has 1 N–H and O–H groups in total. The predicted molar refractivity (Wildman–Crippen MR) is 109 cm³/mol. The van der Waals surface area contributed by atoms with Gasteiger partial charge in [-0.25, -0.2) is 0 Å². The molecule has 4 aliphatic carbocycles. The van der Waals surface area contributed by atoms with E-state index >= 15 is 0 Å². The monoisotopic (exact) mass is 436 g/mol. The number of carbonyl (C=O) groups excluding carboxylic acids is 2. The molecule has 1 aromatic rings. The minimum absolute atomic E-state index is 0.0408. The van der Waals surface area contributed by atoms with Gasteiger partial charge in [-0.15, -0.1) is 0 Å². The number of amides is 2. The van der Waals surface area contributed by atoms with Gasteiger partial charge >= 0.3 is 0 Å². The van der Waals surface area contributed by atoms with Crippen LogP contribution >= 0.6 is 27.7 Å². The van der Waals surface area contributed by atoms with E-state index in [-0.39, 0.29) is 20.9 Å². The van der Waals surface area contributed by atoms with Crippen molar-refractivity contribution in [3.8, 4) is 0 Å². The molecule has 0 saturated heterocycles. The Bertz CT molecular complexity index is 737. The summed E-state index contributed by atoms with van der Waals surface area (Å²) in [4.78, 5) is 27.8. The van der Waals surface area contributed by atoms with Gasteiger partial charge in [0.15, 0.2) is 0 Å². The highest BCUT2D eigenvalue weighted by Crippen LogP contribution is 2.64. The maximum absolute atomic E-state index is 13.3. The molecule has 4 bridgehead atoms. The summed E-state index contributed by atoms with van der Waals surface area (Å²) in [6.07, 6.45) is 6.66. The van der Waals surface area contributed by atoms with E-state index in [1.807, 2.05) is 24.3 Å². The molecule has 0 aliphatic heterocycles. The summed E-state index contributed by atoms with van der Waals surface area (Å²) in [5, 5.41) is 3.14. The summed E-state index contributed by atoms with van der Waals surface area (Å²) in [6.45, 7) is 0. The first-order valence-corrected chi connectivity index (χ1v) is 10.9. The van der Waals surface area contributed by atoms with Crippen LogP contribution in [0.15, 0.2) is 29.2 Å². The third-order valence-corrected chi connectivity index (χ3v) is 8.21. The Morgan fingerprint density at radius 3 is 2.42 bits per heavy atom. The lowest BCUT2D eigenvalue weighted by Gasteiger charge is -2.59. The first kappa shape index (κ1) is 18.4. The van der Waals surface area contributed by atoms with E-state index < -0.39 is 0 Å². The van der Waals surface area contributed by atoms with Crippen molar-refractivity contribution in [2.45, 2.75) is 47.7 Å². The maximum atomic E-state index is 13.3. The number of benzene rings is 1. The normalized spacial score (nSPS) is 34.6. The number of halogens is 1. The van der Waals surface area contributed by atoms with Gasteiger partial charge in [-0.3, -0.25) is 9.59 Å². The van der Waals surface area contributed by atoms with E-state index in [1.54, 1.807) is 19.0 Å². The first-order chi connectivity index (χ1) is 12.3.